The predicted molar refractivity (Wildman–Crippen MR) is 231 cm³/mol. The van der Waals surface area contributed by atoms with Crippen molar-refractivity contribution >= 4 is 82.0 Å². The van der Waals surface area contributed by atoms with Crippen LogP contribution < -0.4 is 4.90 Å². The Morgan fingerprint density at radius 1 is 0.296 bits per heavy atom. The Morgan fingerprint density at radius 3 is 1.63 bits per heavy atom. The molecule has 0 aliphatic heterocycles. The van der Waals surface area contributed by atoms with Gasteiger partial charge in [-0.25, -0.2) is 0 Å². The fourth-order valence-electron chi connectivity index (χ4n) is 8.64. The zero-order valence-electron chi connectivity index (χ0n) is 29.5. The molecule has 0 radical (unpaired) electrons. The third-order valence-corrected chi connectivity index (χ3v) is 11.1. The van der Waals surface area contributed by atoms with E-state index >= 15 is 0 Å². The smallest absolute Gasteiger partial charge is 0.0547 e. The van der Waals surface area contributed by atoms with Gasteiger partial charge in [0.25, 0.3) is 0 Å². The maximum atomic E-state index is 2.45. The summed E-state index contributed by atoms with van der Waals surface area (Å²) in [7, 11) is 0. The molecule has 0 saturated heterocycles. The van der Waals surface area contributed by atoms with Crippen molar-refractivity contribution < 1.29 is 0 Å². The second kappa shape index (κ2) is 12.2. The van der Waals surface area contributed by atoms with Gasteiger partial charge < -0.3 is 9.47 Å². The maximum Gasteiger partial charge on any atom is 0.0547 e. The van der Waals surface area contributed by atoms with Crippen LogP contribution in [0.15, 0.2) is 206 Å². The van der Waals surface area contributed by atoms with Crippen LogP contribution in [0.5, 0.6) is 0 Å². The number of hydrogen-bond donors (Lipinski definition) is 0. The van der Waals surface area contributed by atoms with E-state index in [0.717, 1.165) is 28.3 Å². The van der Waals surface area contributed by atoms with Gasteiger partial charge in [-0.05, 0) is 109 Å². The quantitative estimate of drug-likeness (QED) is 0.164. The molecular formula is C52H34N2. The van der Waals surface area contributed by atoms with Crippen molar-refractivity contribution in [1.82, 2.24) is 4.57 Å². The van der Waals surface area contributed by atoms with E-state index in [1.54, 1.807) is 0 Å². The fraction of sp³-hybridized carbons (Fsp3) is 0. The molecule has 0 bridgehead atoms. The van der Waals surface area contributed by atoms with E-state index in [4.69, 9.17) is 0 Å². The van der Waals surface area contributed by atoms with E-state index in [1.807, 2.05) is 0 Å². The predicted octanol–water partition coefficient (Wildman–Crippen LogP) is 14.5. The molecule has 0 aliphatic carbocycles. The van der Waals surface area contributed by atoms with Crippen LogP contribution in [0.25, 0.3) is 81.7 Å². The molecule has 0 fully saturated rings. The molecule has 0 saturated carbocycles. The number of rotatable bonds is 5. The second-order valence-corrected chi connectivity index (χ2v) is 14.2. The average Bonchev–Trinajstić information content (AvgIpc) is 3.59. The molecule has 1 heterocycles. The number of nitrogens with zero attached hydrogens (tertiary/aromatic N) is 2. The summed E-state index contributed by atoms with van der Waals surface area (Å²) in [4.78, 5) is 2.42. The average molecular weight is 687 g/mol. The Balaban J connectivity index is 1.22. The van der Waals surface area contributed by atoms with E-state index in [1.165, 1.54) is 70.5 Å². The molecule has 0 amide bonds. The van der Waals surface area contributed by atoms with Gasteiger partial charge in [0, 0.05) is 33.5 Å². The number of aromatic nitrogens is 1. The summed E-state index contributed by atoms with van der Waals surface area (Å²) < 4.78 is 2.45. The fourth-order valence-corrected chi connectivity index (χ4v) is 8.64. The van der Waals surface area contributed by atoms with Gasteiger partial charge in [0.15, 0.2) is 0 Å². The normalized spacial score (nSPS) is 11.7. The molecule has 1 aromatic heterocycles. The minimum Gasteiger partial charge on any atom is -0.310 e. The number of hydrogen-bond acceptors (Lipinski definition) is 1. The monoisotopic (exact) mass is 686 g/mol. The van der Waals surface area contributed by atoms with Gasteiger partial charge in [-0.15, -0.1) is 0 Å². The standard InChI is InChI=1S/C52H34N2/c1-3-13-35(14-4-1)40-31-43(33-44(32-40)54-49-22-12-11-21-47(49)52-46-20-10-8-16-37(46)28-30-50(52)54)53(41-17-5-2-6-18-41)42-29-27-38-24-26-39-25-23-36-15-7-9-19-45(36)51(39)48(38)34-42/h1-34H. The highest BCUT2D eigenvalue weighted by Crippen LogP contribution is 2.43. The van der Waals surface area contributed by atoms with Crippen molar-refractivity contribution in [3.05, 3.63) is 206 Å². The Labute approximate surface area is 313 Å². The third kappa shape index (κ3) is 4.81. The van der Waals surface area contributed by atoms with Gasteiger partial charge in [0.1, 0.15) is 0 Å². The van der Waals surface area contributed by atoms with Crippen molar-refractivity contribution in [2.75, 3.05) is 4.90 Å². The first kappa shape index (κ1) is 30.5. The van der Waals surface area contributed by atoms with Gasteiger partial charge in [-0.2, -0.15) is 0 Å². The lowest BCUT2D eigenvalue weighted by molar-refractivity contribution is 1.17. The SMILES string of the molecule is c1ccc(-c2cc(N(c3ccccc3)c3ccc4ccc5ccc6ccccc6c5c4c3)cc(-n3c4ccccc4c4c5ccccc5ccc43)c2)cc1. The van der Waals surface area contributed by atoms with E-state index in [0.29, 0.717) is 0 Å². The lowest BCUT2D eigenvalue weighted by Crippen LogP contribution is -2.11. The minimum absolute atomic E-state index is 1.09. The van der Waals surface area contributed by atoms with Gasteiger partial charge in [-0.3, -0.25) is 0 Å². The molecular weight excluding hydrogens is 653 g/mol. The van der Waals surface area contributed by atoms with Crippen LogP contribution >= 0.6 is 0 Å². The summed E-state index contributed by atoms with van der Waals surface area (Å²) in [5, 5.41) is 12.6. The minimum atomic E-state index is 1.09. The highest BCUT2D eigenvalue weighted by Gasteiger charge is 2.20. The van der Waals surface area contributed by atoms with Crippen molar-refractivity contribution in [2.45, 2.75) is 0 Å². The molecule has 0 aliphatic rings. The molecule has 10 aromatic carbocycles. The summed E-state index contributed by atoms with van der Waals surface area (Å²) in [5.74, 6) is 0. The molecule has 54 heavy (non-hydrogen) atoms. The van der Waals surface area contributed by atoms with Gasteiger partial charge in [0.05, 0.1) is 11.0 Å². The summed E-state index contributed by atoms with van der Waals surface area (Å²) in [6.45, 7) is 0. The molecule has 0 spiro atoms. The molecule has 252 valence electrons. The maximum absolute atomic E-state index is 2.45. The van der Waals surface area contributed by atoms with E-state index in [9.17, 15) is 0 Å². The van der Waals surface area contributed by atoms with Gasteiger partial charge in [0.2, 0.25) is 0 Å². The van der Waals surface area contributed by atoms with Gasteiger partial charge >= 0.3 is 0 Å². The van der Waals surface area contributed by atoms with Crippen molar-refractivity contribution in [1.29, 1.82) is 0 Å². The summed E-state index contributed by atoms with van der Waals surface area (Å²) in [6, 6.07) is 75.4. The number of anilines is 3. The zero-order valence-corrected chi connectivity index (χ0v) is 29.5. The van der Waals surface area contributed by atoms with Crippen molar-refractivity contribution in [2.24, 2.45) is 0 Å². The Kier molecular flexibility index (Phi) is 6.90. The van der Waals surface area contributed by atoms with Crippen molar-refractivity contribution in [3.63, 3.8) is 0 Å². The molecule has 0 N–H and O–H groups in total. The largest absolute Gasteiger partial charge is 0.310 e. The van der Waals surface area contributed by atoms with Crippen LogP contribution in [0.4, 0.5) is 17.1 Å². The molecule has 0 unspecified atom stereocenters. The first-order valence-electron chi connectivity index (χ1n) is 18.6. The highest BCUT2D eigenvalue weighted by molar-refractivity contribution is 6.22. The third-order valence-electron chi connectivity index (χ3n) is 11.1. The van der Waals surface area contributed by atoms with Gasteiger partial charge in [-0.1, -0.05) is 152 Å². The molecule has 11 aromatic rings. The number of benzene rings is 10. The Morgan fingerprint density at radius 2 is 0.870 bits per heavy atom. The Hall–Kier alpha value is -7.16. The second-order valence-electron chi connectivity index (χ2n) is 14.2. The lowest BCUT2D eigenvalue weighted by Gasteiger charge is -2.27. The summed E-state index contributed by atoms with van der Waals surface area (Å²) in [6.07, 6.45) is 0. The summed E-state index contributed by atoms with van der Waals surface area (Å²) >= 11 is 0. The molecule has 2 heteroatoms. The molecule has 11 rings (SSSR count). The van der Waals surface area contributed by atoms with Crippen LogP contribution in [0.2, 0.25) is 0 Å². The van der Waals surface area contributed by atoms with Crippen LogP contribution in [0, 0.1) is 0 Å². The van der Waals surface area contributed by atoms with Crippen LogP contribution in [-0.4, -0.2) is 4.57 Å². The van der Waals surface area contributed by atoms with E-state index in [-0.39, 0.29) is 0 Å². The zero-order chi connectivity index (χ0) is 35.6. The first-order valence-corrected chi connectivity index (χ1v) is 18.6. The van der Waals surface area contributed by atoms with Crippen LogP contribution in [0.1, 0.15) is 0 Å². The van der Waals surface area contributed by atoms with E-state index < -0.39 is 0 Å². The lowest BCUT2D eigenvalue weighted by atomic mass is 9.96. The first-order chi connectivity index (χ1) is 26.8. The molecule has 2 nitrogen and oxygen atoms in total. The number of para-hydroxylation sites is 2. The highest BCUT2D eigenvalue weighted by atomic mass is 15.1. The number of fused-ring (bicyclic) bond motifs is 10. The van der Waals surface area contributed by atoms with E-state index in [2.05, 4.69) is 216 Å². The topological polar surface area (TPSA) is 8.17 Å². The van der Waals surface area contributed by atoms with Crippen molar-refractivity contribution in [3.8, 4) is 16.8 Å². The van der Waals surface area contributed by atoms with Crippen LogP contribution in [0.3, 0.4) is 0 Å². The van der Waals surface area contributed by atoms with Crippen LogP contribution in [-0.2, 0) is 0 Å². The summed E-state index contributed by atoms with van der Waals surface area (Å²) in [5.41, 5.74) is 9.14. The molecule has 0 atom stereocenters. The Bertz CT molecular complexity index is 3210.